The molecule has 0 bridgehead atoms. The Hall–Kier alpha value is -2.82. The zero-order valence-electron chi connectivity index (χ0n) is 16.1. The number of aliphatic carboxylic acids is 1. The lowest BCUT2D eigenvalue weighted by atomic mass is 9.98. The molecule has 0 fully saturated rings. The number of hydrogen-bond acceptors (Lipinski definition) is 3. The number of aromatic nitrogens is 2. The second-order valence-corrected chi connectivity index (χ2v) is 7.47. The van der Waals surface area contributed by atoms with E-state index >= 15 is 0 Å². The Kier molecular flexibility index (Phi) is 5.79. The number of carboxylic acid groups (broad SMARTS) is 1. The molecular weight excluding hydrogens is 340 g/mol. The fraction of sp³-hybridized carbons (Fsp3) is 0.364. The number of nitrogens with zero attached hydrogens (tertiary/aromatic N) is 2. The monoisotopic (exact) mass is 366 g/mol. The molecule has 0 amide bonds. The van der Waals surface area contributed by atoms with Crippen molar-refractivity contribution in [2.45, 2.75) is 46.3 Å². The largest absolute Gasteiger partial charge is 0.489 e. The summed E-state index contributed by atoms with van der Waals surface area (Å²) < 4.78 is 8.05. The zero-order valence-corrected chi connectivity index (χ0v) is 16.1. The van der Waals surface area contributed by atoms with Gasteiger partial charge in [-0.15, -0.1) is 0 Å². The molecule has 0 saturated heterocycles. The average Bonchev–Trinajstić information content (AvgIpc) is 3.01. The van der Waals surface area contributed by atoms with Gasteiger partial charge in [-0.1, -0.05) is 32.9 Å². The van der Waals surface area contributed by atoms with Gasteiger partial charge in [-0.05, 0) is 41.7 Å². The van der Waals surface area contributed by atoms with Gasteiger partial charge in [0.25, 0.3) is 0 Å². The number of carboxylic acids is 1. The lowest BCUT2D eigenvalue weighted by molar-refractivity contribution is -0.137. The van der Waals surface area contributed by atoms with E-state index in [1.54, 1.807) is 0 Å². The first-order valence-electron chi connectivity index (χ1n) is 9.30. The summed E-state index contributed by atoms with van der Waals surface area (Å²) >= 11 is 0. The Labute approximate surface area is 159 Å². The van der Waals surface area contributed by atoms with E-state index in [9.17, 15) is 4.79 Å². The van der Waals surface area contributed by atoms with Crippen LogP contribution in [-0.4, -0.2) is 20.6 Å². The van der Waals surface area contributed by atoms with E-state index in [1.165, 1.54) is 0 Å². The van der Waals surface area contributed by atoms with Crippen LogP contribution in [0.2, 0.25) is 0 Å². The molecule has 0 radical (unpaired) electrons. The summed E-state index contributed by atoms with van der Waals surface area (Å²) in [6, 6.07) is 11.8. The third kappa shape index (κ3) is 4.88. The first-order valence-corrected chi connectivity index (χ1v) is 9.30. The molecule has 142 valence electrons. The molecule has 0 aliphatic rings. The molecule has 0 aliphatic heterocycles. The highest BCUT2D eigenvalue weighted by molar-refractivity contribution is 5.76. The Balaban J connectivity index is 1.63. The quantitative estimate of drug-likeness (QED) is 0.619. The SMILES string of the molecule is CC(C)Cn1ccc2cc(COc3ccc(C(C)CC(=O)O)cc3)cnc21. The number of fused-ring (bicyclic) bond motifs is 1. The second-order valence-electron chi connectivity index (χ2n) is 7.47. The highest BCUT2D eigenvalue weighted by Gasteiger charge is 2.10. The maximum Gasteiger partial charge on any atom is 0.303 e. The first-order chi connectivity index (χ1) is 12.9. The summed E-state index contributed by atoms with van der Waals surface area (Å²) in [6.45, 7) is 7.71. The lowest BCUT2D eigenvalue weighted by Gasteiger charge is -2.11. The molecule has 3 rings (SSSR count). The van der Waals surface area contributed by atoms with Gasteiger partial charge < -0.3 is 14.4 Å². The molecule has 2 heterocycles. The maximum absolute atomic E-state index is 10.8. The van der Waals surface area contributed by atoms with Gasteiger partial charge in [0, 0.05) is 29.9 Å². The topological polar surface area (TPSA) is 64.3 Å². The van der Waals surface area contributed by atoms with Crippen molar-refractivity contribution in [3.05, 3.63) is 59.9 Å². The third-order valence-corrected chi connectivity index (χ3v) is 4.56. The Morgan fingerprint density at radius 1 is 1.19 bits per heavy atom. The van der Waals surface area contributed by atoms with Crippen molar-refractivity contribution in [2.75, 3.05) is 0 Å². The summed E-state index contributed by atoms with van der Waals surface area (Å²) in [5.41, 5.74) is 3.02. The maximum atomic E-state index is 10.8. The minimum Gasteiger partial charge on any atom is -0.489 e. The molecule has 1 atom stereocenters. The molecule has 1 unspecified atom stereocenters. The van der Waals surface area contributed by atoms with Gasteiger partial charge in [-0.2, -0.15) is 0 Å². The predicted octanol–water partition coefficient (Wildman–Crippen LogP) is 4.85. The molecule has 0 spiro atoms. The average molecular weight is 366 g/mol. The fourth-order valence-corrected chi connectivity index (χ4v) is 3.18. The molecule has 5 heteroatoms. The summed E-state index contributed by atoms with van der Waals surface area (Å²) in [4.78, 5) is 15.4. The van der Waals surface area contributed by atoms with E-state index < -0.39 is 5.97 Å². The molecule has 1 aromatic carbocycles. The van der Waals surface area contributed by atoms with Gasteiger partial charge in [0.1, 0.15) is 18.0 Å². The number of ether oxygens (including phenoxy) is 1. The second kappa shape index (κ2) is 8.25. The fourth-order valence-electron chi connectivity index (χ4n) is 3.18. The molecule has 0 saturated carbocycles. The molecule has 3 aromatic rings. The lowest BCUT2D eigenvalue weighted by Crippen LogP contribution is -2.04. The van der Waals surface area contributed by atoms with Crippen LogP contribution in [0.25, 0.3) is 11.0 Å². The van der Waals surface area contributed by atoms with E-state index in [2.05, 4.69) is 41.7 Å². The van der Waals surface area contributed by atoms with Crippen LogP contribution in [0, 0.1) is 5.92 Å². The predicted molar refractivity (Wildman–Crippen MR) is 106 cm³/mol. The van der Waals surface area contributed by atoms with Gasteiger partial charge in [0.05, 0.1) is 6.42 Å². The highest BCUT2D eigenvalue weighted by Crippen LogP contribution is 2.23. The van der Waals surface area contributed by atoms with Crippen molar-refractivity contribution in [2.24, 2.45) is 5.92 Å². The standard InChI is InChI=1S/C22H26N2O3/c1-15(2)13-24-9-8-19-11-17(12-23-22(19)24)14-27-20-6-4-18(5-7-20)16(3)10-21(25)26/h4-9,11-12,15-16H,10,13-14H2,1-3H3,(H,25,26). The summed E-state index contributed by atoms with van der Waals surface area (Å²) in [5, 5.41) is 10.0. The van der Waals surface area contributed by atoms with Gasteiger partial charge in [-0.25, -0.2) is 4.98 Å². The van der Waals surface area contributed by atoms with Crippen molar-refractivity contribution in [1.82, 2.24) is 9.55 Å². The van der Waals surface area contributed by atoms with Crippen molar-refractivity contribution in [1.29, 1.82) is 0 Å². The molecule has 1 N–H and O–H groups in total. The van der Waals surface area contributed by atoms with Crippen LogP contribution in [-0.2, 0) is 17.9 Å². The molecule has 2 aromatic heterocycles. The van der Waals surface area contributed by atoms with Gasteiger partial charge >= 0.3 is 5.97 Å². The van der Waals surface area contributed by atoms with Crippen molar-refractivity contribution >= 4 is 17.0 Å². The smallest absolute Gasteiger partial charge is 0.303 e. The number of hydrogen-bond donors (Lipinski definition) is 1. The molecule has 0 aliphatic carbocycles. The van der Waals surface area contributed by atoms with Crippen molar-refractivity contribution in [3.8, 4) is 5.75 Å². The van der Waals surface area contributed by atoms with Crippen molar-refractivity contribution in [3.63, 3.8) is 0 Å². The molecule has 27 heavy (non-hydrogen) atoms. The minimum atomic E-state index is -0.784. The van der Waals surface area contributed by atoms with E-state index in [0.717, 1.165) is 34.5 Å². The van der Waals surface area contributed by atoms with Crippen molar-refractivity contribution < 1.29 is 14.6 Å². The Bertz CT molecular complexity index is 913. The summed E-state index contributed by atoms with van der Waals surface area (Å²) in [6.07, 6.45) is 4.07. The van der Waals surface area contributed by atoms with E-state index in [1.807, 2.05) is 37.4 Å². The number of benzene rings is 1. The Morgan fingerprint density at radius 2 is 1.93 bits per heavy atom. The summed E-state index contributed by atoms with van der Waals surface area (Å²) in [7, 11) is 0. The van der Waals surface area contributed by atoms with Crippen LogP contribution in [0.4, 0.5) is 0 Å². The third-order valence-electron chi connectivity index (χ3n) is 4.56. The van der Waals surface area contributed by atoms with Crippen LogP contribution < -0.4 is 4.74 Å². The highest BCUT2D eigenvalue weighted by atomic mass is 16.5. The molecule has 5 nitrogen and oxygen atoms in total. The number of carbonyl (C=O) groups is 1. The van der Waals surface area contributed by atoms with Crippen LogP contribution in [0.3, 0.4) is 0 Å². The Morgan fingerprint density at radius 3 is 2.59 bits per heavy atom. The minimum absolute atomic E-state index is 0.0157. The van der Waals surface area contributed by atoms with Gasteiger partial charge in [0.15, 0.2) is 0 Å². The van der Waals surface area contributed by atoms with Gasteiger partial charge in [0.2, 0.25) is 0 Å². The van der Waals surface area contributed by atoms with Gasteiger partial charge in [-0.3, -0.25) is 4.79 Å². The van der Waals surface area contributed by atoms with E-state index in [4.69, 9.17) is 9.84 Å². The number of pyridine rings is 1. The van der Waals surface area contributed by atoms with Crippen LogP contribution in [0.1, 0.15) is 44.2 Å². The first kappa shape index (κ1) is 19.0. The number of rotatable bonds is 8. The molecular formula is C22H26N2O3. The van der Waals surface area contributed by atoms with Crippen LogP contribution >= 0.6 is 0 Å². The normalized spacial score (nSPS) is 12.4. The van der Waals surface area contributed by atoms with Crippen LogP contribution in [0.5, 0.6) is 5.75 Å². The van der Waals surface area contributed by atoms with Crippen LogP contribution in [0.15, 0.2) is 48.8 Å². The zero-order chi connectivity index (χ0) is 19.4. The van der Waals surface area contributed by atoms with E-state index in [0.29, 0.717) is 12.5 Å². The van der Waals surface area contributed by atoms with E-state index in [-0.39, 0.29) is 12.3 Å². The summed E-state index contributed by atoms with van der Waals surface area (Å²) in [5.74, 6) is 0.538.